The molecule has 1 amide bonds. The van der Waals surface area contributed by atoms with E-state index in [9.17, 15) is 4.79 Å². The highest BCUT2D eigenvalue weighted by Gasteiger charge is 2.21. The summed E-state index contributed by atoms with van der Waals surface area (Å²) in [7, 11) is 0. The number of amides is 1. The summed E-state index contributed by atoms with van der Waals surface area (Å²) in [4.78, 5) is 14.5. The Morgan fingerprint density at radius 1 is 0.833 bits per heavy atom. The van der Waals surface area contributed by atoms with Crippen molar-refractivity contribution in [3.63, 3.8) is 0 Å². The number of unbranched alkanes of at least 4 members (excludes halogenated alkanes) is 13. The van der Waals surface area contributed by atoms with E-state index >= 15 is 0 Å². The molecular formula is C27H46N2O. The van der Waals surface area contributed by atoms with Crippen LogP contribution in [0.25, 0.3) is 0 Å². The average Bonchev–Trinajstić information content (AvgIpc) is 2.78. The van der Waals surface area contributed by atoms with Gasteiger partial charge in [-0.3, -0.25) is 4.79 Å². The van der Waals surface area contributed by atoms with E-state index in [0.29, 0.717) is 6.54 Å². The minimum absolute atomic E-state index is 0.215. The Bertz CT molecular complexity index is 572. The molecule has 0 radical (unpaired) electrons. The number of nitrogens with one attached hydrogen (secondary N) is 1. The fraction of sp³-hybridized carbons (Fsp3) is 0.741. The van der Waals surface area contributed by atoms with E-state index in [1.165, 1.54) is 95.5 Å². The number of aryl methyl sites for hydroxylation is 1. The molecule has 0 aliphatic carbocycles. The van der Waals surface area contributed by atoms with Gasteiger partial charge in [0.1, 0.15) is 0 Å². The predicted octanol–water partition coefficient (Wildman–Crippen LogP) is 7.04. The lowest BCUT2D eigenvalue weighted by molar-refractivity contribution is -0.117. The fourth-order valence-corrected chi connectivity index (χ4v) is 4.53. The van der Waals surface area contributed by atoms with Gasteiger partial charge in [-0.15, -0.1) is 0 Å². The van der Waals surface area contributed by atoms with E-state index in [2.05, 4.69) is 30.4 Å². The van der Waals surface area contributed by atoms with Crippen molar-refractivity contribution < 1.29 is 4.79 Å². The molecule has 1 aliphatic rings. The standard InChI is InChI=1S/C27H46N2O/c1-2-3-4-5-6-7-8-9-10-11-12-13-14-17-22-28-24-27(30)29-23-18-20-25-19-15-16-21-26(25)29/h15-16,19,21,28H,2-14,17-18,20,22-24H2,1H3. The molecule has 0 spiro atoms. The maximum absolute atomic E-state index is 12.6. The zero-order valence-electron chi connectivity index (χ0n) is 19.6. The molecule has 170 valence electrons. The number of nitrogens with zero attached hydrogens (tertiary/aromatic N) is 1. The summed E-state index contributed by atoms with van der Waals surface area (Å²) in [6.07, 6.45) is 21.5. The molecule has 1 aliphatic heterocycles. The minimum atomic E-state index is 0.215. The van der Waals surface area contributed by atoms with Gasteiger partial charge in [0.15, 0.2) is 0 Å². The molecule has 1 heterocycles. The lowest BCUT2D eigenvalue weighted by Gasteiger charge is -2.29. The van der Waals surface area contributed by atoms with E-state index in [1.807, 2.05) is 11.0 Å². The number of fused-ring (bicyclic) bond motifs is 1. The van der Waals surface area contributed by atoms with Crippen LogP contribution >= 0.6 is 0 Å². The summed E-state index contributed by atoms with van der Waals surface area (Å²) < 4.78 is 0. The predicted molar refractivity (Wildman–Crippen MR) is 130 cm³/mol. The Kier molecular flexibility index (Phi) is 13.6. The van der Waals surface area contributed by atoms with Gasteiger partial charge in [-0.1, -0.05) is 109 Å². The van der Waals surface area contributed by atoms with E-state index < -0.39 is 0 Å². The lowest BCUT2D eigenvalue weighted by atomic mass is 10.0. The van der Waals surface area contributed by atoms with E-state index in [1.54, 1.807) is 0 Å². The average molecular weight is 415 g/mol. The van der Waals surface area contributed by atoms with Crippen molar-refractivity contribution in [1.82, 2.24) is 5.32 Å². The van der Waals surface area contributed by atoms with Crippen LogP contribution in [0.3, 0.4) is 0 Å². The first-order valence-corrected chi connectivity index (χ1v) is 12.9. The maximum atomic E-state index is 12.6. The third kappa shape index (κ3) is 10.1. The Morgan fingerprint density at radius 2 is 1.40 bits per heavy atom. The third-order valence-corrected chi connectivity index (χ3v) is 6.39. The molecule has 0 bridgehead atoms. The van der Waals surface area contributed by atoms with Crippen LogP contribution in [0.15, 0.2) is 24.3 Å². The van der Waals surface area contributed by atoms with Crippen molar-refractivity contribution in [2.24, 2.45) is 0 Å². The minimum Gasteiger partial charge on any atom is -0.311 e. The summed E-state index contributed by atoms with van der Waals surface area (Å²) in [5.74, 6) is 0.215. The first-order valence-electron chi connectivity index (χ1n) is 12.9. The molecule has 1 aromatic rings. The molecule has 0 saturated heterocycles. The van der Waals surface area contributed by atoms with Crippen LogP contribution in [-0.2, 0) is 11.2 Å². The Balaban J connectivity index is 1.38. The van der Waals surface area contributed by atoms with Crippen LogP contribution < -0.4 is 10.2 Å². The fourth-order valence-electron chi connectivity index (χ4n) is 4.53. The second kappa shape index (κ2) is 16.4. The molecule has 3 nitrogen and oxygen atoms in total. The third-order valence-electron chi connectivity index (χ3n) is 6.39. The number of hydrogen-bond donors (Lipinski definition) is 1. The highest BCUT2D eigenvalue weighted by atomic mass is 16.2. The SMILES string of the molecule is CCCCCCCCCCCCCCCCNCC(=O)N1CCCc2ccccc21. The second-order valence-electron chi connectivity index (χ2n) is 9.05. The summed E-state index contributed by atoms with van der Waals surface area (Å²) >= 11 is 0. The Morgan fingerprint density at radius 3 is 2.03 bits per heavy atom. The molecule has 0 fully saturated rings. The molecular weight excluding hydrogens is 368 g/mol. The number of hydrogen-bond acceptors (Lipinski definition) is 2. The van der Waals surface area contributed by atoms with Gasteiger partial charge in [0, 0.05) is 12.2 Å². The van der Waals surface area contributed by atoms with Crippen LogP contribution in [0.1, 0.15) is 109 Å². The van der Waals surface area contributed by atoms with E-state index in [4.69, 9.17) is 0 Å². The second-order valence-corrected chi connectivity index (χ2v) is 9.05. The quantitative estimate of drug-likeness (QED) is 0.277. The number of anilines is 1. The molecule has 0 unspecified atom stereocenters. The Labute approximate surface area is 186 Å². The van der Waals surface area contributed by atoms with Gasteiger partial charge < -0.3 is 10.2 Å². The summed E-state index contributed by atoms with van der Waals surface area (Å²) in [6.45, 7) is 4.57. The van der Waals surface area contributed by atoms with Crippen LogP contribution in [0.5, 0.6) is 0 Å². The first-order chi connectivity index (χ1) is 14.8. The van der Waals surface area contributed by atoms with Crippen molar-refractivity contribution in [3.8, 4) is 0 Å². The van der Waals surface area contributed by atoms with Gasteiger partial charge in [-0.05, 0) is 37.4 Å². The van der Waals surface area contributed by atoms with Crippen LogP contribution in [-0.4, -0.2) is 25.5 Å². The van der Waals surface area contributed by atoms with Crippen molar-refractivity contribution >= 4 is 11.6 Å². The maximum Gasteiger partial charge on any atom is 0.240 e. The van der Waals surface area contributed by atoms with Gasteiger partial charge in [0.25, 0.3) is 0 Å². The number of para-hydroxylation sites is 1. The number of rotatable bonds is 17. The molecule has 0 saturated carbocycles. The highest BCUT2D eigenvalue weighted by molar-refractivity contribution is 5.95. The van der Waals surface area contributed by atoms with E-state index in [0.717, 1.165) is 31.6 Å². The topological polar surface area (TPSA) is 32.3 Å². The van der Waals surface area contributed by atoms with Crippen LogP contribution in [0, 0.1) is 0 Å². The highest BCUT2D eigenvalue weighted by Crippen LogP contribution is 2.26. The molecule has 0 atom stereocenters. The molecule has 1 aromatic carbocycles. The van der Waals surface area contributed by atoms with Crippen LogP contribution in [0.2, 0.25) is 0 Å². The van der Waals surface area contributed by atoms with Gasteiger partial charge in [-0.25, -0.2) is 0 Å². The van der Waals surface area contributed by atoms with Crippen molar-refractivity contribution in [2.45, 2.75) is 110 Å². The number of carbonyl (C=O) groups excluding carboxylic acids is 1. The first kappa shape index (κ1) is 24.9. The number of benzene rings is 1. The molecule has 0 aromatic heterocycles. The molecule has 30 heavy (non-hydrogen) atoms. The number of carbonyl (C=O) groups is 1. The van der Waals surface area contributed by atoms with Gasteiger partial charge in [0.05, 0.1) is 6.54 Å². The lowest BCUT2D eigenvalue weighted by Crippen LogP contribution is -2.41. The normalized spacial score (nSPS) is 13.4. The summed E-state index contributed by atoms with van der Waals surface area (Å²) in [6, 6.07) is 8.34. The van der Waals surface area contributed by atoms with E-state index in [-0.39, 0.29) is 5.91 Å². The van der Waals surface area contributed by atoms with Crippen molar-refractivity contribution in [2.75, 3.05) is 24.5 Å². The zero-order chi connectivity index (χ0) is 21.3. The monoisotopic (exact) mass is 414 g/mol. The summed E-state index contributed by atoms with van der Waals surface area (Å²) in [5.41, 5.74) is 2.43. The molecule has 3 heteroatoms. The van der Waals surface area contributed by atoms with Crippen molar-refractivity contribution in [1.29, 1.82) is 0 Å². The summed E-state index contributed by atoms with van der Waals surface area (Å²) in [5, 5.41) is 3.37. The van der Waals surface area contributed by atoms with Gasteiger partial charge >= 0.3 is 0 Å². The van der Waals surface area contributed by atoms with Gasteiger partial charge in [0.2, 0.25) is 5.91 Å². The zero-order valence-corrected chi connectivity index (χ0v) is 19.6. The molecule has 1 N–H and O–H groups in total. The van der Waals surface area contributed by atoms with Crippen LogP contribution in [0.4, 0.5) is 5.69 Å². The largest absolute Gasteiger partial charge is 0.311 e. The molecule has 2 rings (SSSR count). The Hall–Kier alpha value is -1.35. The smallest absolute Gasteiger partial charge is 0.240 e. The van der Waals surface area contributed by atoms with Crippen molar-refractivity contribution in [3.05, 3.63) is 29.8 Å². The van der Waals surface area contributed by atoms with Gasteiger partial charge in [-0.2, -0.15) is 0 Å².